The minimum Gasteiger partial charge on any atom is -0.358 e. The van der Waals surface area contributed by atoms with Gasteiger partial charge in [0.1, 0.15) is 22.3 Å². The quantitative estimate of drug-likeness (QED) is 0.636. The van der Waals surface area contributed by atoms with Crippen LogP contribution in [0.4, 0.5) is 15.9 Å². The number of hydrogen-bond donors (Lipinski definition) is 2. The van der Waals surface area contributed by atoms with Crippen LogP contribution < -0.4 is 10.6 Å². The van der Waals surface area contributed by atoms with E-state index in [4.69, 9.17) is 0 Å². The molecule has 0 radical (unpaired) electrons. The van der Waals surface area contributed by atoms with E-state index in [0.717, 1.165) is 12.1 Å². The zero-order chi connectivity index (χ0) is 22.0. The van der Waals surface area contributed by atoms with Gasteiger partial charge in [-0.15, -0.1) is 11.3 Å². The van der Waals surface area contributed by atoms with Gasteiger partial charge in [0.05, 0.1) is 17.8 Å². The Kier molecular flexibility index (Phi) is 5.77. The second-order valence-electron chi connectivity index (χ2n) is 7.11. The van der Waals surface area contributed by atoms with Crippen molar-refractivity contribution in [1.82, 2.24) is 9.88 Å². The van der Waals surface area contributed by atoms with Crippen molar-refractivity contribution in [1.29, 1.82) is 0 Å². The third kappa shape index (κ3) is 4.46. The summed E-state index contributed by atoms with van der Waals surface area (Å²) in [7, 11) is 1.89. The molecular formula is C22H20FN5O2S. The highest BCUT2D eigenvalue weighted by molar-refractivity contribution is 7.12. The van der Waals surface area contributed by atoms with Gasteiger partial charge in [-0.3, -0.25) is 14.6 Å². The van der Waals surface area contributed by atoms with Crippen LogP contribution in [-0.4, -0.2) is 47.7 Å². The van der Waals surface area contributed by atoms with Gasteiger partial charge in [-0.25, -0.2) is 9.37 Å². The van der Waals surface area contributed by atoms with Crippen LogP contribution >= 0.6 is 11.3 Å². The van der Waals surface area contributed by atoms with E-state index in [-0.39, 0.29) is 5.56 Å². The lowest BCUT2D eigenvalue weighted by Crippen LogP contribution is -2.24. The van der Waals surface area contributed by atoms with E-state index in [1.807, 2.05) is 24.9 Å². The van der Waals surface area contributed by atoms with Crippen LogP contribution in [0.5, 0.6) is 0 Å². The van der Waals surface area contributed by atoms with Crippen molar-refractivity contribution >= 4 is 40.5 Å². The number of pyridine rings is 1. The Morgan fingerprint density at radius 3 is 2.65 bits per heavy atom. The second-order valence-corrected chi connectivity index (χ2v) is 8.03. The summed E-state index contributed by atoms with van der Waals surface area (Å²) in [5.74, 6) is -0.579. The molecule has 2 N–H and O–H groups in total. The molecule has 0 unspecified atom stereocenters. The maximum atomic E-state index is 14.7. The number of benzene rings is 1. The Hall–Kier alpha value is -3.59. The Morgan fingerprint density at radius 1 is 1.13 bits per heavy atom. The highest BCUT2D eigenvalue weighted by Gasteiger charge is 2.21. The van der Waals surface area contributed by atoms with Crippen molar-refractivity contribution in [3.63, 3.8) is 0 Å². The van der Waals surface area contributed by atoms with Gasteiger partial charge in [0.15, 0.2) is 0 Å². The van der Waals surface area contributed by atoms with E-state index in [2.05, 4.69) is 20.6 Å². The summed E-state index contributed by atoms with van der Waals surface area (Å²) in [6.45, 7) is 3.34. The van der Waals surface area contributed by atoms with Gasteiger partial charge in [-0.05, 0) is 42.1 Å². The van der Waals surface area contributed by atoms with E-state index in [0.29, 0.717) is 34.3 Å². The fourth-order valence-corrected chi connectivity index (χ4v) is 3.91. The van der Waals surface area contributed by atoms with Crippen LogP contribution in [-0.2, 0) is 0 Å². The molecule has 3 aromatic rings. The number of likely N-dealkylation sites (N-methyl/N-ethyl adjacent to an activating group) is 1. The molecule has 1 aliphatic rings. The fraction of sp³-hybridized carbons (Fsp3) is 0.182. The standard InChI is InChI=1S/C22H20FN5O2S/c1-13-3-6-18(25-12-13)27-22(30)19-17(7-10-31-19)26-21(29)15-5-4-14(11-16(15)23)20-24-8-9-28(20)2/h3-7,10-12H,8-9H2,1-2H3,(H,26,29)(H,25,27,30). The third-order valence-corrected chi connectivity index (χ3v) is 5.72. The van der Waals surface area contributed by atoms with Gasteiger partial charge < -0.3 is 15.5 Å². The predicted molar refractivity (Wildman–Crippen MR) is 120 cm³/mol. The summed E-state index contributed by atoms with van der Waals surface area (Å²) in [6, 6.07) is 9.54. The highest BCUT2D eigenvalue weighted by atomic mass is 32.1. The Morgan fingerprint density at radius 2 is 1.97 bits per heavy atom. The fourth-order valence-electron chi connectivity index (χ4n) is 3.17. The molecule has 7 nitrogen and oxygen atoms in total. The molecule has 0 spiro atoms. The Labute approximate surface area is 182 Å². The molecule has 2 aromatic heterocycles. The molecule has 1 aromatic carbocycles. The molecular weight excluding hydrogens is 417 g/mol. The first-order chi connectivity index (χ1) is 14.9. The zero-order valence-corrected chi connectivity index (χ0v) is 17.8. The van der Waals surface area contributed by atoms with Crippen LogP contribution in [0.3, 0.4) is 0 Å². The van der Waals surface area contributed by atoms with Crippen LogP contribution in [0.1, 0.15) is 31.2 Å². The molecule has 0 aliphatic carbocycles. The second kappa shape index (κ2) is 8.65. The van der Waals surface area contributed by atoms with E-state index in [9.17, 15) is 14.0 Å². The molecule has 0 saturated heterocycles. The number of aliphatic imine (C=N–C) groups is 1. The summed E-state index contributed by atoms with van der Waals surface area (Å²) >= 11 is 1.17. The van der Waals surface area contributed by atoms with Gasteiger partial charge >= 0.3 is 0 Å². The molecule has 4 rings (SSSR count). The number of carbonyl (C=O) groups excluding carboxylic acids is 2. The zero-order valence-electron chi connectivity index (χ0n) is 17.0. The van der Waals surface area contributed by atoms with Crippen LogP contribution in [0.2, 0.25) is 0 Å². The van der Waals surface area contributed by atoms with Crippen molar-refractivity contribution in [2.24, 2.45) is 4.99 Å². The lowest BCUT2D eigenvalue weighted by atomic mass is 10.1. The molecule has 1 aliphatic heterocycles. The molecule has 0 atom stereocenters. The van der Waals surface area contributed by atoms with Crippen molar-refractivity contribution in [2.75, 3.05) is 30.8 Å². The molecule has 2 amide bonds. The normalized spacial score (nSPS) is 13.1. The predicted octanol–water partition coefficient (Wildman–Crippen LogP) is 3.79. The van der Waals surface area contributed by atoms with Crippen molar-refractivity contribution < 1.29 is 14.0 Å². The van der Waals surface area contributed by atoms with Crippen molar-refractivity contribution in [2.45, 2.75) is 6.92 Å². The summed E-state index contributed by atoms with van der Waals surface area (Å²) in [6.07, 6.45) is 1.65. The van der Waals surface area contributed by atoms with Gasteiger partial charge in [0.2, 0.25) is 0 Å². The summed E-state index contributed by atoms with van der Waals surface area (Å²) in [5, 5.41) is 7.01. The summed E-state index contributed by atoms with van der Waals surface area (Å²) in [4.78, 5) is 36.0. The van der Waals surface area contributed by atoms with Gasteiger partial charge in [-0.2, -0.15) is 0 Å². The first-order valence-corrected chi connectivity index (χ1v) is 10.5. The maximum Gasteiger partial charge on any atom is 0.269 e. The number of carbonyl (C=O) groups is 2. The highest BCUT2D eigenvalue weighted by Crippen LogP contribution is 2.25. The number of nitrogens with zero attached hydrogens (tertiary/aromatic N) is 3. The minimum absolute atomic E-state index is 0.109. The molecule has 0 fully saturated rings. The number of aryl methyl sites for hydroxylation is 1. The molecule has 9 heteroatoms. The molecule has 158 valence electrons. The molecule has 31 heavy (non-hydrogen) atoms. The van der Waals surface area contributed by atoms with Crippen LogP contribution in [0.25, 0.3) is 0 Å². The third-order valence-electron chi connectivity index (χ3n) is 4.80. The number of hydrogen-bond acceptors (Lipinski definition) is 6. The molecule has 3 heterocycles. The van der Waals surface area contributed by atoms with E-state index in [1.165, 1.54) is 23.5 Å². The average molecular weight is 438 g/mol. The monoisotopic (exact) mass is 437 g/mol. The first-order valence-electron chi connectivity index (χ1n) is 9.61. The van der Waals surface area contributed by atoms with Gasteiger partial charge in [-0.1, -0.05) is 12.1 Å². The van der Waals surface area contributed by atoms with Crippen molar-refractivity contribution in [3.8, 4) is 0 Å². The number of anilines is 2. The Balaban J connectivity index is 1.49. The lowest BCUT2D eigenvalue weighted by molar-refractivity contribution is 0.102. The van der Waals surface area contributed by atoms with E-state index >= 15 is 0 Å². The Bertz CT molecular complexity index is 1170. The van der Waals surface area contributed by atoms with E-state index < -0.39 is 17.6 Å². The number of rotatable bonds is 5. The number of halogens is 1. The van der Waals surface area contributed by atoms with Crippen molar-refractivity contribution in [3.05, 3.63) is 75.4 Å². The smallest absolute Gasteiger partial charge is 0.269 e. The number of aromatic nitrogens is 1. The molecule has 0 bridgehead atoms. The topological polar surface area (TPSA) is 86.7 Å². The molecule has 0 saturated carbocycles. The first kappa shape index (κ1) is 20.7. The minimum atomic E-state index is -0.650. The van der Waals surface area contributed by atoms with Gasteiger partial charge in [0, 0.05) is 25.4 Å². The maximum absolute atomic E-state index is 14.7. The number of amidine groups is 1. The van der Waals surface area contributed by atoms with Crippen LogP contribution in [0.15, 0.2) is 53.0 Å². The summed E-state index contributed by atoms with van der Waals surface area (Å²) < 4.78 is 14.7. The van der Waals surface area contributed by atoms with Crippen LogP contribution in [0, 0.1) is 12.7 Å². The van der Waals surface area contributed by atoms with Gasteiger partial charge in [0.25, 0.3) is 11.8 Å². The average Bonchev–Trinajstić information content (AvgIpc) is 3.38. The SMILES string of the molecule is Cc1ccc(NC(=O)c2sccc2NC(=O)c2ccc(C3=NCCN3C)cc2F)nc1. The number of amides is 2. The number of nitrogens with one attached hydrogen (secondary N) is 2. The number of thiophene rings is 1. The summed E-state index contributed by atoms with van der Waals surface area (Å²) in [5.41, 5.74) is 1.79. The lowest BCUT2D eigenvalue weighted by Gasteiger charge is -2.14. The largest absolute Gasteiger partial charge is 0.358 e. The van der Waals surface area contributed by atoms with E-state index in [1.54, 1.807) is 29.8 Å².